The molecule has 0 aliphatic carbocycles. The number of aromatic nitrogens is 2. The maximum absolute atomic E-state index is 12.7. The molecule has 0 unspecified atom stereocenters. The van der Waals surface area contributed by atoms with Crippen molar-refractivity contribution in [1.29, 1.82) is 0 Å². The fourth-order valence-corrected chi connectivity index (χ4v) is 4.08. The summed E-state index contributed by atoms with van der Waals surface area (Å²) in [6.45, 7) is 1.19. The molecule has 0 bridgehead atoms. The third kappa shape index (κ3) is 4.71. The van der Waals surface area contributed by atoms with Gasteiger partial charge in [-0.2, -0.15) is 5.10 Å². The first kappa shape index (κ1) is 21.5. The van der Waals surface area contributed by atoms with Gasteiger partial charge in [0, 0.05) is 36.0 Å². The molecule has 0 aliphatic heterocycles. The molecule has 0 aliphatic rings. The Kier molecular flexibility index (Phi) is 6.12. The van der Waals surface area contributed by atoms with Gasteiger partial charge in [0.15, 0.2) is 0 Å². The van der Waals surface area contributed by atoms with Crippen LogP contribution in [0.15, 0.2) is 95.9 Å². The van der Waals surface area contributed by atoms with Crippen molar-refractivity contribution < 1.29 is 13.9 Å². The van der Waals surface area contributed by atoms with Crippen LogP contribution in [0.1, 0.15) is 16.7 Å². The monoisotopic (exact) mass is 451 g/mol. The molecule has 0 atom stereocenters. The highest BCUT2D eigenvalue weighted by atomic mass is 16.5. The second-order valence-electron chi connectivity index (χ2n) is 8.13. The van der Waals surface area contributed by atoms with Crippen LogP contribution >= 0.6 is 0 Å². The second-order valence-corrected chi connectivity index (χ2v) is 8.13. The smallest absolute Gasteiger partial charge is 0.224 e. The lowest BCUT2D eigenvalue weighted by molar-refractivity contribution is -0.120. The maximum atomic E-state index is 12.7. The third-order valence-electron chi connectivity index (χ3n) is 5.88. The van der Waals surface area contributed by atoms with Gasteiger partial charge in [-0.05, 0) is 40.5 Å². The molecule has 0 saturated carbocycles. The molecule has 34 heavy (non-hydrogen) atoms. The molecule has 0 fully saturated rings. The number of nitrogens with zero attached hydrogens (tertiary/aromatic N) is 2. The van der Waals surface area contributed by atoms with Gasteiger partial charge in [0.1, 0.15) is 11.3 Å². The van der Waals surface area contributed by atoms with E-state index in [2.05, 4.69) is 40.7 Å². The number of rotatable bonds is 8. The van der Waals surface area contributed by atoms with Gasteiger partial charge in [-0.25, -0.2) is 0 Å². The van der Waals surface area contributed by atoms with Crippen LogP contribution in [-0.4, -0.2) is 22.8 Å². The first-order chi connectivity index (χ1) is 16.7. The standard InChI is InChI=1S/C28H25N3O3/c1-33-24-11-12-26-23(19-34-27(26)16-24)15-28(32)29-17-22-5-2-3-6-25(22)21-9-7-20(8-10-21)18-31-14-4-13-30-31/h2-14,16,19H,15,17-18H2,1H3,(H,29,32). The fraction of sp³-hybridized carbons (Fsp3) is 0.143. The van der Waals surface area contributed by atoms with E-state index in [1.165, 1.54) is 5.56 Å². The third-order valence-corrected chi connectivity index (χ3v) is 5.88. The van der Waals surface area contributed by atoms with E-state index < -0.39 is 0 Å². The summed E-state index contributed by atoms with van der Waals surface area (Å²) in [6.07, 6.45) is 5.63. The Bertz CT molecular complexity index is 1400. The molecule has 0 radical (unpaired) electrons. The summed E-state index contributed by atoms with van der Waals surface area (Å²) in [7, 11) is 1.62. The number of furan rings is 1. The van der Waals surface area contributed by atoms with E-state index in [1.807, 2.05) is 53.3 Å². The summed E-state index contributed by atoms with van der Waals surface area (Å²) in [6, 6.07) is 24.2. The Labute approximate surface area is 197 Å². The van der Waals surface area contributed by atoms with Gasteiger partial charge in [-0.3, -0.25) is 9.48 Å². The predicted octanol–water partition coefficient (Wildman–Crippen LogP) is 5.21. The number of hydrogen-bond donors (Lipinski definition) is 1. The highest BCUT2D eigenvalue weighted by Crippen LogP contribution is 2.27. The topological polar surface area (TPSA) is 69.3 Å². The first-order valence-electron chi connectivity index (χ1n) is 11.1. The fourth-order valence-electron chi connectivity index (χ4n) is 4.08. The van der Waals surface area contributed by atoms with E-state index in [9.17, 15) is 4.79 Å². The van der Waals surface area contributed by atoms with Crippen LogP contribution < -0.4 is 10.1 Å². The average molecular weight is 452 g/mol. The zero-order chi connectivity index (χ0) is 23.3. The number of amides is 1. The molecule has 6 heteroatoms. The molecule has 2 heterocycles. The van der Waals surface area contributed by atoms with Gasteiger partial charge in [0.25, 0.3) is 0 Å². The number of fused-ring (bicyclic) bond motifs is 1. The van der Waals surface area contributed by atoms with Crippen molar-refractivity contribution in [3.63, 3.8) is 0 Å². The molecule has 1 N–H and O–H groups in total. The molecular formula is C28H25N3O3. The van der Waals surface area contributed by atoms with Gasteiger partial charge in [-0.15, -0.1) is 0 Å². The van der Waals surface area contributed by atoms with Crippen LogP contribution in [0.4, 0.5) is 0 Å². The van der Waals surface area contributed by atoms with E-state index in [-0.39, 0.29) is 12.3 Å². The lowest BCUT2D eigenvalue weighted by Crippen LogP contribution is -2.24. The molecule has 1 amide bonds. The summed E-state index contributed by atoms with van der Waals surface area (Å²) in [5.74, 6) is 0.673. The minimum absolute atomic E-state index is 0.0529. The van der Waals surface area contributed by atoms with E-state index in [4.69, 9.17) is 9.15 Å². The lowest BCUT2D eigenvalue weighted by atomic mass is 9.98. The molecule has 170 valence electrons. The van der Waals surface area contributed by atoms with Gasteiger partial charge in [0.05, 0.1) is 26.3 Å². The quantitative estimate of drug-likeness (QED) is 0.352. The average Bonchev–Trinajstić information content (AvgIpc) is 3.53. The molecule has 0 saturated heterocycles. The number of carbonyl (C=O) groups excluding carboxylic acids is 1. The Morgan fingerprint density at radius 3 is 2.68 bits per heavy atom. The zero-order valence-corrected chi connectivity index (χ0v) is 18.9. The van der Waals surface area contributed by atoms with Gasteiger partial charge in [0.2, 0.25) is 5.91 Å². The predicted molar refractivity (Wildman–Crippen MR) is 132 cm³/mol. The number of carbonyl (C=O) groups is 1. The van der Waals surface area contributed by atoms with Crippen LogP contribution in [0, 0.1) is 0 Å². The molecule has 6 nitrogen and oxygen atoms in total. The SMILES string of the molecule is COc1ccc2c(CC(=O)NCc3ccccc3-c3ccc(Cn4cccn4)cc3)coc2c1. The number of benzene rings is 3. The number of hydrogen-bond acceptors (Lipinski definition) is 4. The van der Waals surface area contributed by atoms with Crippen LogP contribution in [0.5, 0.6) is 5.75 Å². The number of methoxy groups -OCH3 is 1. The molecule has 0 spiro atoms. The Morgan fingerprint density at radius 2 is 1.88 bits per heavy atom. The van der Waals surface area contributed by atoms with E-state index in [1.54, 1.807) is 19.6 Å². The number of ether oxygens (including phenoxy) is 1. The van der Waals surface area contributed by atoms with E-state index >= 15 is 0 Å². The lowest BCUT2D eigenvalue weighted by Gasteiger charge is -2.12. The van der Waals surface area contributed by atoms with Crippen molar-refractivity contribution in [2.75, 3.05) is 7.11 Å². The van der Waals surface area contributed by atoms with Gasteiger partial charge < -0.3 is 14.5 Å². The van der Waals surface area contributed by atoms with Gasteiger partial charge >= 0.3 is 0 Å². The van der Waals surface area contributed by atoms with Crippen molar-refractivity contribution in [2.24, 2.45) is 0 Å². The summed E-state index contributed by atoms with van der Waals surface area (Å²) in [5, 5.41) is 8.24. The van der Waals surface area contributed by atoms with Crippen molar-refractivity contribution in [3.05, 3.63) is 108 Å². The van der Waals surface area contributed by atoms with E-state index in [0.29, 0.717) is 12.1 Å². The molecule has 5 aromatic rings. The summed E-state index contributed by atoms with van der Waals surface area (Å²) >= 11 is 0. The summed E-state index contributed by atoms with van der Waals surface area (Å²) in [5.41, 5.74) is 6.04. The van der Waals surface area contributed by atoms with Crippen molar-refractivity contribution >= 4 is 16.9 Å². The van der Waals surface area contributed by atoms with E-state index in [0.717, 1.165) is 39.9 Å². The summed E-state index contributed by atoms with van der Waals surface area (Å²) < 4.78 is 12.7. The molecule has 2 aromatic heterocycles. The maximum Gasteiger partial charge on any atom is 0.224 e. The van der Waals surface area contributed by atoms with Crippen molar-refractivity contribution in [3.8, 4) is 16.9 Å². The minimum Gasteiger partial charge on any atom is -0.497 e. The van der Waals surface area contributed by atoms with Crippen LogP contribution in [0.3, 0.4) is 0 Å². The molecule has 5 rings (SSSR count). The highest BCUT2D eigenvalue weighted by Gasteiger charge is 2.12. The Hall–Kier alpha value is -4.32. The summed E-state index contributed by atoms with van der Waals surface area (Å²) in [4.78, 5) is 12.7. The normalized spacial score (nSPS) is 11.0. The van der Waals surface area contributed by atoms with Crippen molar-refractivity contribution in [1.82, 2.24) is 15.1 Å². The second kappa shape index (κ2) is 9.67. The minimum atomic E-state index is -0.0529. The number of nitrogens with one attached hydrogen (secondary N) is 1. The van der Waals surface area contributed by atoms with Crippen molar-refractivity contribution in [2.45, 2.75) is 19.5 Å². The first-order valence-corrected chi connectivity index (χ1v) is 11.1. The largest absolute Gasteiger partial charge is 0.497 e. The van der Waals surface area contributed by atoms with Crippen LogP contribution in [0.25, 0.3) is 22.1 Å². The highest BCUT2D eigenvalue weighted by molar-refractivity contribution is 5.88. The van der Waals surface area contributed by atoms with Crippen LogP contribution in [0.2, 0.25) is 0 Å². The Balaban J connectivity index is 1.25. The van der Waals surface area contributed by atoms with Gasteiger partial charge in [-0.1, -0.05) is 48.5 Å². The Morgan fingerprint density at radius 1 is 1.03 bits per heavy atom. The molecule has 3 aromatic carbocycles. The molecular weight excluding hydrogens is 426 g/mol. The van der Waals surface area contributed by atoms with Crippen LogP contribution in [-0.2, 0) is 24.3 Å². The zero-order valence-electron chi connectivity index (χ0n) is 18.9.